The van der Waals surface area contributed by atoms with Gasteiger partial charge in [0.05, 0.1) is 24.2 Å². The Morgan fingerprint density at radius 1 is 1.15 bits per heavy atom. The largest absolute Gasteiger partial charge is 0.486 e. The molecule has 4 aromatic rings. The monoisotopic (exact) mass is 551 g/mol. The molecule has 0 bridgehead atoms. The van der Waals surface area contributed by atoms with Crippen LogP contribution in [0.15, 0.2) is 52.0 Å². The standard InChI is InChI=1S/C27H29N5O6S/c1-17-27(18(2)38-29-17)19-10-11-25(26(12-19)39(33,34)30-20-6-3-4-7-20)36-14-21-13-32(31-28-21)23-8-5-9-24-22(23)15-35-16-37-24/h5,8-13,20,30H,3-4,6-7,14-16H2,1-2H3. The van der Waals surface area contributed by atoms with E-state index in [1.807, 2.05) is 31.2 Å². The van der Waals surface area contributed by atoms with E-state index in [4.69, 9.17) is 18.7 Å². The Balaban J connectivity index is 1.29. The van der Waals surface area contributed by atoms with Crippen molar-refractivity contribution in [3.8, 4) is 28.3 Å². The lowest BCUT2D eigenvalue weighted by Gasteiger charge is -2.19. The zero-order chi connectivity index (χ0) is 27.0. The van der Waals surface area contributed by atoms with E-state index >= 15 is 0 Å². The van der Waals surface area contributed by atoms with Crippen LogP contribution in [0.25, 0.3) is 16.8 Å². The fourth-order valence-electron chi connectivity index (χ4n) is 5.15. The van der Waals surface area contributed by atoms with E-state index in [9.17, 15) is 8.42 Å². The average molecular weight is 552 g/mol. The third kappa shape index (κ3) is 5.14. The number of hydrogen-bond acceptors (Lipinski definition) is 9. The molecule has 2 aromatic heterocycles. The van der Waals surface area contributed by atoms with Crippen LogP contribution < -0.4 is 14.2 Å². The maximum atomic E-state index is 13.6. The van der Waals surface area contributed by atoms with Crippen molar-refractivity contribution >= 4 is 10.0 Å². The first-order valence-electron chi connectivity index (χ1n) is 12.9. The van der Waals surface area contributed by atoms with Crippen molar-refractivity contribution in [1.29, 1.82) is 0 Å². The Morgan fingerprint density at radius 3 is 2.79 bits per heavy atom. The summed E-state index contributed by atoms with van der Waals surface area (Å²) in [5, 5.41) is 12.5. The van der Waals surface area contributed by atoms with Gasteiger partial charge in [-0.2, -0.15) is 0 Å². The molecule has 12 heteroatoms. The summed E-state index contributed by atoms with van der Waals surface area (Å²) in [7, 11) is -3.86. The summed E-state index contributed by atoms with van der Waals surface area (Å²) >= 11 is 0. The van der Waals surface area contributed by atoms with Gasteiger partial charge in [-0.1, -0.05) is 35.3 Å². The minimum absolute atomic E-state index is 0.0264. The van der Waals surface area contributed by atoms with Crippen LogP contribution in [0.5, 0.6) is 11.5 Å². The van der Waals surface area contributed by atoms with Crippen LogP contribution in [-0.4, -0.2) is 41.4 Å². The van der Waals surface area contributed by atoms with Crippen LogP contribution in [0.1, 0.15) is 48.4 Å². The average Bonchev–Trinajstić information content (AvgIpc) is 3.69. The number of hydrogen-bond donors (Lipinski definition) is 1. The molecule has 0 radical (unpaired) electrons. The van der Waals surface area contributed by atoms with Crippen molar-refractivity contribution in [2.75, 3.05) is 6.79 Å². The summed E-state index contributed by atoms with van der Waals surface area (Å²) in [6.07, 6.45) is 5.40. The number of nitrogens with one attached hydrogen (secondary N) is 1. The van der Waals surface area contributed by atoms with Gasteiger partial charge in [-0.3, -0.25) is 0 Å². The number of aryl methyl sites for hydroxylation is 2. The molecule has 3 heterocycles. The summed E-state index contributed by atoms with van der Waals surface area (Å²) in [5.41, 5.74) is 4.34. The van der Waals surface area contributed by atoms with Gasteiger partial charge < -0.3 is 18.7 Å². The molecule has 39 heavy (non-hydrogen) atoms. The molecule has 2 aromatic carbocycles. The van der Waals surface area contributed by atoms with E-state index in [1.54, 1.807) is 29.9 Å². The molecule has 204 valence electrons. The zero-order valence-corrected chi connectivity index (χ0v) is 22.5. The first-order valence-corrected chi connectivity index (χ1v) is 14.3. The van der Waals surface area contributed by atoms with Crippen LogP contribution in [0, 0.1) is 13.8 Å². The summed E-state index contributed by atoms with van der Waals surface area (Å²) < 4.78 is 54.0. The first-order chi connectivity index (χ1) is 18.9. The molecule has 11 nitrogen and oxygen atoms in total. The fourth-order valence-corrected chi connectivity index (χ4v) is 6.62. The number of fused-ring (bicyclic) bond motifs is 1. The highest BCUT2D eigenvalue weighted by atomic mass is 32.2. The second kappa shape index (κ2) is 10.4. The molecule has 1 fully saturated rings. The number of nitrogens with zero attached hydrogens (tertiary/aromatic N) is 4. The molecule has 2 aliphatic rings. The number of rotatable bonds is 8. The molecule has 1 aliphatic heterocycles. The lowest BCUT2D eigenvalue weighted by atomic mass is 10.0. The molecule has 0 spiro atoms. The predicted molar refractivity (Wildman–Crippen MR) is 140 cm³/mol. The Kier molecular flexibility index (Phi) is 6.83. The zero-order valence-electron chi connectivity index (χ0n) is 21.7. The Morgan fingerprint density at radius 2 is 2.00 bits per heavy atom. The topological polar surface area (TPSA) is 131 Å². The fraction of sp³-hybridized carbons (Fsp3) is 0.370. The van der Waals surface area contributed by atoms with E-state index in [-0.39, 0.29) is 30.1 Å². The summed E-state index contributed by atoms with van der Waals surface area (Å²) in [6, 6.07) is 10.7. The van der Waals surface area contributed by atoms with E-state index < -0.39 is 10.0 Å². The van der Waals surface area contributed by atoms with Gasteiger partial charge in [-0.05, 0) is 56.5 Å². The number of benzene rings is 2. The summed E-state index contributed by atoms with van der Waals surface area (Å²) in [5.74, 6) is 1.59. The molecular formula is C27H29N5O6S. The highest BCUT2D eigenvalue weighted by molar-refractivity contribution is 7.89. The molecule has 0 unspecified atom stereocenters. The highest BCUT2D eigenvalue weighted by Gasteiger charge is 2.27. The van der Waals surface area contributed by atoms with Gasteiger partial charge in [0.1, 0.15) is 34.5 Å². The predicted octanol–water partition coefficient (Wildman–Crippen LogP) is 4.21. The van der Waals surface area contributed by atoms with Crippen LogP contribution in [0.4, 0.5) is 0 Å². The third-order valence-electron chi connectivity index (χ3n) is 7.05. The van der Waals surface area contributed by atoms with Gasteiger partial charge >= 0.3 is 0 Å². The van der Waals surface area contributed by atoms with Gasteiger partial charge in [0.25, 0.3) is 0 Å². The highest BCUT2D eigenvalue weighted by Crippen LogP contribution is 2.34. The maximum Gasteiger partial charge on any atom is 0.244 e. The van der Waals surface area contributed by atoms with Gasteiger partial charge in [-0.25, -0.2) is 17.8 Å². The Bertz CT molecular complexity index is 1590. The minimum atomic E-state index is -3.86. The van der Waals surface area contributed by atoms with Crippen LogP contribution in [0.2, 0.25) is 0 Å². The van der Waals surface area contributed by atoms with Crippen molar-refractivity contribution in [2.24, 2.45) is 0 Å². The smallest absolute Gasteiger partial charge is 0.244 e. The second-order valence-corrected chi connectivity index (χ2v) is 11.5. The number of ether oxygens (including phenoxy) is 3. The van der Waals surface area contributed by atoms with E-state index in [0.29, 0.717) is 29.3 Å². The van der Waals surface area contributed by atoms with Crippen LogP contribution in [-0.2, 0) is 28.0 Å². The van der Waals surface area contributed by atoms with Crippen molar-refractivity contribution in [1.82, 2.24) is 24.9 Å². The lowest BCUT2D eigenvalue weighted by molar-refractivity contribution is -0.0164. The van der Waals surface area contributed by atoms with Crippen molar-refractivity contribution < 1.29 is 27.2 Å². The lowest BCUT2D eigenvalue weighted by Crippen LogP contribution is -2.33. The Hall–Kier alpha value is -3.74. The Labute approximate surface area is 226 Å². The van der Waals surface area contributed by atoms with Gasteiger partial charge in [0, 0.05) is 17.2 Å². The van der Waals surface area contributed by atoms with Crippen LogP contribution >= 0.6 is 0 Å². The molecular weight excluding hydrogens is 522 g/mol. The molecule has 1 N–H and O–H groups in total. The molecule has 1 saturated carbocycles. The van der Waals surface area contributed by atoms with Crippen molar-refractivity contribution in [2.45, 2.75) is 63.7 Å². The van der Waals surface area contributed by atoms with E-state index in [0.717, 1.165) is 48.2 Å². The molecule has 1 aliphatic carbocycles. The van der Waals surface area contributed by atoms with Gasteiger partial charge in [0.15, 0.2) is 6.79 Å². The quantitative estimate of drug-likeness (QED) is 0.342. The SMILES string of the molecule is Cc1noc(C)c1-c1ccc(OCc2cn(-c3cccc4c3COCO4)nn2)c(S(=O)(=O)NC2CCCC2)c1. The second-order valence-electron chi connectivity index (χ2n) is 9.77. The normalized spacial score (nSPS) is 15.7. The van der Waals surface area contributed by atoms with E-state index in [1.165, 1.54) is 0 Å². The van der Waals surface area contributed by atoms with Gasteiger partial charge in [-0.15, -0.1) is 5.10 Å². The van der Waals surface area contributed by atoms with Crippen molar-refractivity contribution in [3.63, 3.8) is 0 Å². The first kappa shape index (κ1) is 25.5. The van der Waals surface area contributed by atoms with Crippen LogP contribution in [0.3, 0.4) is 0 Å². The molecule has 6 rings (SSSR count). The summed E-state index contributed by atoms with van der Waals surface area (Å²) in [6.45, 7) is 4.27. The van der Waals surface area contributed by atoms with E-state index in [2.05, 4.69) is 20.2 Å². The third-order valence-corrected chi connectivity index (χ3v) is 8.59. The molecule has 0 amide bonds. The number of aromatic nitrogens is 4. The van der Waals surface area contributed by atoms with Crippen molar-refractivity contribution in [3.05, 3.63) is 65.3 Å². The molecule has 0 atom stereocenters. The number of sulfonamides is 1. The van der Waals surface area contributed by atoms with Gasteiger partial charge in [0.2, 0.25) is 10.0 Å². The minimum Gasteiger partial charge on any atom is -0.486 e. The maximum absolute atomic E-state index is 13.6. The summed E-state index contributed by atoms with van der Waals surface area (Å²) in [4.78, 5) is 0.0609. The molecule has 0 saturated heterocycles.